The summed E-state index contributed by atoms with van der Waals surface area (Å²) < 4.78 is 26.2. The Kier molecular flexibility index (Phi) is 8.39. The summed E-state index contributed by atoms with van der Waals surface area (Å²) in [6, 6.07) is 21.0. The van der Waals surface area contributed by atoms with Gasteiger partial charge in [-0.15, -0.1) is 0 Å². The normalized spacial score (nSPS) is 11.2. The van der Waals surface area contributed by atoms with Crippen LogP contribution in [0, 0.1) is 0 Å². The molecule has 0 aliphatic carbocycles. The van der Waals surface area contributed by atoms with Crippen molar-refractivity contribution >= 4 is 62.1 Å². The topological polar surface area (TPSA) is 79.4 Å². The van der Waals surface area contributed by atoms with E-state index in [9.17, 15) is 13.2 Å². The van der Waals surface area contributed by atoms with Crippen molar-refractivity contribution < 1.29 is 13.2 Å². The van der Waals surface area contributed by atoms with E-state index in [1.54, 1.807) is 36.7 Å². The molecule has 0 aliphatic heterocycles. The number of nitrogens with one attached hydrogen (secondary N) is 1. The monoisotopic (exact) mass is 573 g/mol. The van der Waals surface area contributed by atoms with Gasteiger partial charge in [0, 0.05) is 23.6 Å². The van der Waals surface area contributed by atoms with Crippen LogP contribution in [0.3, 0.4) is 0 Å². The van der Waals surface area contributed by atoms with Gasteiger partial charge in [-0.2, -0.15) is 0 Å². The lowest BCUT2D eigenvalue weighted by Gasteiger charge is -2.24. The molecule has 0 unspecified atom stereocenters. The number of amides is 1. The van der Waals surface area contributed by atoms with E-state index in [1.807, 2.05) is 36.4 Å². The smallest absolute Gasteiger partial charge is 0.255 e. The van der Waals surface area contributed by atoms with E-state index in [1.165, 1.54) is 12.1 Å². The summed E-state index contributed by atoms with van der Waals surface area (Å²) in [7, 11) is -3.69. The molecule has 0 fully saturated rings. The van der Waals surface area contributed by atoms with Crippen molar-refractivity contribution in [2.75, 3.05) is 15.9 Å². The van der Waals surface area contributed by atoms with Gasteiger partial charge in [-0.3, -0.25) is 14.1 Å². The van der Waals surface area contributed by atoms with Gasteiger partial charge >= 0.3 is 0 Å². The van der Waals surface area contributed by atoms with Crippen LogP contribution >= 0.6 is 34.8 Å². The summed E-state index contributed by atoms with van der Waals surface area (Å²) in [6.07, 6.45) is 5.37. The summed E-state index contributed by atoms with van der Waals surface area (Å²) in [5.41, 5.74) is 4.25. The fourth-order valence-corrected chi connectivity index (χ4v) is 5.24. The molecule has 0 radical (unpaired) electrons. The molecule has 0 bridgehead atoms. The van der Waals surface area contributed by atoms with Crippen LogP contribution in [0.4, 0.5) is 11.4 Å². The maximum Gasteiger partial charge on any atom is 0.255 e. The van der Waals surface area contributed by atoms with Crippen molar-refractivity contribution in [3.05, 3.63) is 123 Å². The Hall–Kier alpha value is -3.10. The number of rotatable bonds is 8. The maximum absolute atomic E-state index is 12.7. The van der Waals surface area contributed by atoms with E-state index in [4.69, 9.17) is 34.8 Å². The second kappa shape index (κ2) is 11.5. The molecule has 4 rings (SSSR count). The summed E-state index contributed by atoms with van der Waals surface area (Å²) in [5.74, 6) is -0.277. The molecule has 37 heavy (non-hydrogen) atoms. The first-order valence-corrected chi connectivity index (χ1v) is 14.1. The maximum atomic E-state index is 12.7. The molecule has 6 nitrogen and oxygen atoms in total. The lowest BCUT2D eigenvalue weighted by atomic mass is 10.1. The molecular formula is C27H22Cl3N3O3S. The van der Waals surface area contributed by atoms with Crippen LogP contribution in [-0.4, -0.2) is 25.6 Å². The molecule has 0 atom stereocenters. The number of carbonyl (C=O) groups is 1. The Morgan fingerprint density at radius 2 is 1.38 bits per heavy atom. The molecule has 1 amide bonds. The van der Waals surface area contributed by atoms with Gasteiger partial charge in [-0.1, -0.05) is 59.1 Å². The molecule has 0 aliphatic rings. The Labute approximate surface area is 230 Å². The Balaban J connectivity index is 1.44. The molecule has 4 aromatic rings. The minimum absolute atomic E-state index is 0.00263. The van der Waals surface area contributed by atoms with E-state index < -0.39 is 10.0 Å². The predicted octanol–water partition coefficient (Wildman–Crippen LogP) is 6.85. The number of hydrogen-bond donors (Lipinski definition) is 1. The molecule has 3 aromatic carbocycles. The number of pyridine rings is 1. The van der Waals surface area contributed by atoms with E-state index in [2.05, 4.69) is 10.3 Å². The van der Waals surface area contributed by atoms with Crippen molar-refractivity contribution in [3.63, 3.8) is 0 Å². The molecular weight excluding hydrogens is 553 g/mol. The predicted molar refractivity (Wildman–Crippen MR) is 150 cm³/mol. The summed E-state index contributed by atoms with van der Waals surface area (Å²) in [6.45, 7) is -0.00263. The standard InChI is InChI=1S/C27H22Cl3N3O3S/c1-37(35,36)33(26-16-24(29)23(28)15-25(26)30)17-20-2-6-21(7-3-20)27(34)32-22-8-4-18(5-9-22)14-19-10-12-31-13-11-19/h2-13,15-16H,14,17H2,1H3,(H,32,34). The van der Waals surface area contributed by atoms with Gasteiger partial charge < -0.3 is 5.32 Å². The number of nitrogens with zero attached hydrogens (tertiary/aromatic N) is 2. The van der Waals surface area contributed by atoms with Crippen LogP contribution in [0.2, 0.25) is 15.1 Å². The number of benzene rings is 3. The second-order valence-corrected chi connectivity index (χ2v) is 11.5. The van der Waals surface area contributed by atoms with Crippen LogP contribution in [0.15, 0.2) is 85.2 Å². The zero-order valence-electron chi connectivity index (χ0n) is 19.7. The summed E-state index contributed by atoms with van der Waals surface area (Å²) in [4.78, 5) is 16.8. The number of halogens is 3. The lowest BCUT2D eigenvalue weighted by Crippen LogP contribution is -2.29. The van der Waals surface area contributed by atoms with Crippen LogP contribution in [-0.2, 0) is 23.0 Å². The van der Waals surface area contributed by atoms with Crippen molar-refractivity contribution in [2.24, 2.45) is 0 Å². The van der Waals surface area contributed by atoms with E-state index >= 15 is 0 Å². The Morgan fingerprint density at radius 3 is 2.00 bits per heavy atom. The van der Waals surface area contributed by atoms with Gasteiger partial charge in [-0.25, -0.2) is 8.42 Å². The van der Waals surface area contributed by atoms with E-state index in [0.717, 1.165) is 28.1 Å². The molecule has 0 spiro atoms. The van der Waals surface area contributed by atoms with Gasteiger partial charge in [0.25, 0.3) is 5.91 Å². The molecule has 10 heteroatoms. The molecule has 1 heterocycles. The molecule has 1 N–H and O–H groups in total. The van der Waals surface area contributed by atoms with Gasteiger partial charge in [0.2, 0.25) is 10.0 Å². The first-order valence-electron chi connectivity index (χ1n) is 11.1. The van der Waals surface area contributed by atoms with Gasteiger partial charge in [0.1, 0.15) is 0 Å². The van der Waals surface area contributed by atoms with Crippen LogP contribution in [0.1, 0.15) is 27.0 Å². The number of sulfonamides is 1. The highest BCUT2D eigenvalue weighted by Crippen LogP contribution is 2.36. The average Bonchev–Trinajstić information content (AvgIpc) is 2.86. The first kappa shape index (κ1) is 26.9. The third-order valence-electron chi connectivity index (χ3n) is 5.57. The number of aromatic nitrogens is 1. The van der Waals surface area contributed by atoms with Crippen LogP contribution in [0.5, 0.6) is 0 Å². The Bertz CT molecular complexity index is 1510. The molecule has 0 saturated heterocycles. The van der Waals surface area contributed by atoms with Crippen molar-refractivity contribution in [1.82, 2.24) is 4.98 Å². The van der Waals surface area contributed by atoms with Crippen LogP contribution in [0.25, 0.3) is 0 Å². The third-order valence-corrected chi connectivity index (χ3v) is 7.72. The van der Waals surface area contributed by atoms with Gasteiger partial charge in [0.05, 0.1) is 33.6 Å². The number of hydrogen-bond acceptors (Lipinski definition) is 4. The van der Waals surface area contributed by atoms with Gasteiger partial charge in [-0.05, 0) is 71.6 Å². The van der Waals surface area contributed by atoms with Crippen molar-refractivity contribution in [3.8, 4) is 0 Å². The summed E-state index contributed by atoms with van der Waals surface area (Å²) in [5, 5.41) is 3.45. The zero-order valence-corrected chi connectivity index (χ0v) is 22.7. The Morgan fingerprint density at radius 1 is 0.811 bits per heavy atom. The fourth-order valence-electron chi connectivity index (χ4n) is 3.66. The lowest BCUT2D eigenvalue weighted by molar-refractivity contribution is 0.102. The van der Waals surface area contributed by atoms with E-state index in [0.29, 0.717) is 16.8 Å². The molecule has 1 aromatic heterocycles. The number of carbonyl (C=O) groups excluding carboxylic acids is 1. The molecule has 190 valence electrons. The first-order chi connectivity index (χ1) is 17.6. The van der Waals surface area contributed by atoms with Gasteiger partial charge in [0.15, 0.2) is 0 Å². The second-order valence-electron chi connectivity index (χ2n) is 8.37. The quantitative estimate of drug-likeness (QED) is 0.233. The number of anilines is 2. The van der Waals surface area contributed by atoms with Crippen LogP contribution < -0.4 is 9.62 Å². The van der Waals surface area contributed by atoms with E-state index in [-0.39, 0.29) is 33.2 Å². The minimum atomic E-state index is -3.69. The van der Waals surface area contributed by atoms with Crippen molar-refractivity contribution in [2.45, 2.75) is 13.0 Å². The summed E-state index contributed by atoms with van der Waals surface area (Å²) >= 11 is 18.3. The molecule has 0 saturated carbocycles. The van der Waals surface area contributed by atoms with Crippen molar-refractivity contribution in [1.29, 1.82) is 0 Å². The fraction of sp³-hybridized carbons (Fsp3) is 0.111. The SMILES string of the molecule is CS(=O)(=O)N(Cc1ccc(C(=O)Nc2ccc(Cc3ccncc3)cc2)cc1)c1cc(Cl)c(Cl)cc1Cl. The third kappa shape index (κ3) is 7.02. The highest BCUT2D eigenvalue weighted by atomic mass is 35.5. The zero-order chi connectivity index (χ0) is 26.6. The highest BCUT2D eigenvalue weighted by molar-refractivity contribution is 7.92. The largest absolute Gasteiger partial charge is 0.322 e. The minimum Gasteiger partial charge on any atom is -0.322 e. The average molecular weight is 575 g/mol. The highest BCUT2D eigenvalue weighted by Gasteiger charge is 2.22.